The van der Waals surface area contributed by atoms with E-state index in [1.54, 1.807) is 6.08 Å². The van der Waals surface area contributed by atoms with Gasteiger partial charge in [-0.05, 0) is 76.5 Å². The van der Waals surface area contributed by atoms with E-state index >= 15 is 0 Å². The van der Waals surface area contributed by atoms with Crippen molar-refractivity contribution in [3.05, 3.63) is 72.9 Å². The van der Waals surface area contributed by atoms with Crippen LogP contribution in [0.4, 0.5) is 0 Å². The molecule has 0 amide bonds. The van der Waals surface area contributed by atoms with Crippen LogP contribution >= 0.6 is 7.82 Å². The minimum atomic E-state index is -4.69. The SMILES string of the molecule is CC/C=C\C/C=C\C/C=C\C/C=C\CCCCCCC(=O)O[C@H](COC(=O)CCC/C=C/C[C@@H]1[C@@H](/C=C/[C@@H](O)CCCCC)[C@H](O)C[C@@H]1O)COP(=O)(O)OC[C@@H](O)CO. The molecule has 1 rings (SSSR count). The summed E-state index contributed by atoms with van der Waals surface area (Å²) < 4.78 is 32.7. The summed E-state index contributed by atoms with van der Waals surface area (Å²) in [7, 11) is -4.69. The highest BCUT2D eigenvalue weighted by Crippen LogP contribution is 2.43. The molecular weight excluding hydrogens is 791 g/mol. The third kappa shape index (κ3) is 29.5. The molecule has 13 nitrogen and oxygen atoms in total. The van der Waals surface area contributed by atoms with Gasteiger partial charge < -0.3 is 39.9 Å². The smallest absolute Gasteiger partial charge is 0.462 e. The molecule has 0 aromatic heterocycles. The number of rotatable bonds is 36. The van der Waals surface area contributed by atoms with Crippen molar-refractivity contribution >= 4 is 19.8 Å². The van der Waals surface area contributed by atoms with Gasteiger partial charge in [0.05, 0.1) is 38.1 Å². The van der Waals surface area contributed by atoms with Crippen LogP contribution in [0.5, 0.6) is 0 Å². The average molecular weight is 869 g/mol. The van der Waals surface area contributed by atoms with Gasteiger partial charge in [0.25, 0.3) is 0 Å². The van der Waals surface area contributed by atoms with Gasteiger partial charge in [-0.3, -0.25) is 18.6 Å². The summed E-state index contributed by atoms with van der Waals surface area (Å²) in [5, 5.41) is 49.7. The van der Waals surface area contributed by atoms with Crippen molar-refractivity contribution in [1.82, 2.24) is 0 Å². The van der Waals surface area contributed by atoms with E-state index in [4.69, 9.17) is 19.1 Å². The van der Waals surface area contributed by atoms with E-state index in [9.17, 15) is 39.5 Å². The van der Waals surface area contributed by atoms with Crippen molar-refractivity contribution < 1.29 is 63.1 Å². The highest BCUT2D eigenvalue weighted by atomic mass is 31.2. The number of aliphatic hydroxyl groups excluding tert-OH is 5. The highest BCUT2D eigenvalue weighted by molar-refractivity contribution is 7.47. The summed E-state index contributed by atoms with van der Waals surface area (Å²) in [6.07, 6.45) is 33.9. The van der Waals surface area contributed by atoms with Crippen LogP contribution in [0.3, 0.4) is 0 Å². The molecule has 0 aliphatic heterocycles. The van der Waals surface area contributed by atoms with Crippen molar-refractivity contribution in [1.29, 1.82) is 0 Å². The van der Waals surface area contributed by atoms with Gasteiger partial charge in [-0.25, -0.2) is 4.57 Å². The van der Waals surface area contributed by atoms with Crippen LogP contribution in [0.1, 0.15) is 136 Å². The fourth-order valence-electron chi connectivity index (χ4n) is 6.45. The third-order valence-electron chi connectivity index (χ3n) is 9.91. The van der Waals surface area contributed by atoms with Gasteiger partial charge in [0, 0.05) is 25.2 Å². The van der Waals surface area contributed by atoms with E-state index in [0.29, 0.717) is 32.1 Å². The van der Waals surface area contributed by atoms with Crippen molar-refractivity contribution in [2.75, 3.05) is 26.4 Å². The van der Waals surface area contributed by atoms with E-state index in [1.807, 2.05) is 18.2 Å². The second-order valence-corrected chi connectivity index (χ2v) is 16.8. The van der Waals surface area contributed by atoms with Crippen molar-refractivity contribution in [2.24, 2.45) is 11.8 Å². The van der Waals surface area contributed by atoms with Crippen molar-refractivity contribution in [3.8, 4) is 0 Å². The fourth-order valence-corrected chi connectivity index (χ4v) is 7.24. The number of esters is 2. The topological polar surface area (TPSA) is 210 Å². The number of carbonyl (C=O) groups excluding carboxylic acids is 2. The van der Waals surface area contributed by atoms with Gasteiger partial charge in [0.2, 0.25) is 0 Å². The molecule has 60 heavy (non-hydrogen) atoms. The summed E-state index contributed by atoms with van der Waals surface area (Å²) in [5.74, 6) is -1.60. The standard InChI is InChI=1S/C46H77O13P/c1-3-5-7-8-9-10-11-12-13-14-15-16-17-18-19-20-26-30-46(53)59-40(37-58-60(54,55)57-35-39(49)34-47)36-56-45(52)29-25-22-21-24-28-41-42(44(51)33-43(41)50)32-31-38(48)27-23-6-4-2/h5,7,9-10,12-13,15-16,21,24,31-32,38-44,47-51H,3-4,6,8,11,14,17-20,22-23,25-30,33-37H2,1-2H3,(H,54,55)/b7-5-,10-9-,13-12-,16-15-,24-21+,32-31+/t38-,39-,40+,41+,42+,43-,44+/m0/s1. The monoisotopic (exact) mass is 869 g/mol. The molecule has 1 fully saturated rings. The number of unbranched alkanes of at least 4 members (excludes halogenated alkanes) is 7. The summed E-state index contributed by atoms with van der Waals surface area (Å²) in [6.45, 7) is 1.84. The van der Waals surface area contributed by atoms with Gasteiger partial charge in [-0.2, -0.15) is 0 Å². The number of carbonyl (C=O) groups is 2. The van der Waals surface area contributed by atoms with Crippen LogP contribution < -0.4 is 0 Å². The lowest BCUT2D eigenvalue weighted by atomic mass is 9.89. The molecule has 0 aromatic rings. The lowest BCUT2D eigenvalue weighted by Gasteiger charge is -2.20. The molecular formula is C46H77O13P. The molecule has 0 heterocycles. The van der Waals surface area contributed by atoms with Gasteiger partial charge in [-0.1, -0.05) is 119 Å². The largest absolute Gasteiger partial charge is 0.472 e. The first-order valence-electron chi connectivity index (χ1n) is 22.2. The van der Waals surface area contributed by atoms with Crippen molar-refractivity contribution in [3.63, 3.8) is 0 Å². The van der Waals surface area contributed by atoms with Gasteiger partial charge in [0.1, 0.15) is 12.7 Å². The van der Waals surface area contributed by atoms with Crippen LogP contribution in [0.2, 0.25) is 0 Å². The Morgan fingerprint density at radius 2 is 1.33 bits per heavy atom. The summed E-state index contributed by atoms with van der Waals surface area (Å²) in [4.78, 5) is 35.2. The minimum Gasteiger partial charge on any atom is -0.462 e. The molecule has 0 aromatic carbocycles. The maximum absolute atomic E-state index is 12.7. The Labute approximate surface area is 359 Å². The molecule has 1 saturated carbocycles. The van der Waals surface area contributed by atoms with Crippen LogP contribution in [-0.2, 0) is 32.7 Å². The second-order valence-electron chi connectivity index (χ2n) is 15.3. The molecule has 1 aliphatic rings. The quantitative estimate of drug-likeness (QED) is 0.0153. The normalized spacial score (nSPS) is 21.3. The molecule has 344 valence electrons. The van der Waals surface area contributed by atoms with Crippen LogP contribution in [-0.4, -0.2) is 99.3 Å². The van der Waals surface area contributed by atoms with Crippen LogP contribution in [0.15, 0.2) is 72.9 Å². The molecule has 0 saturated heterocycles. The number of ether oxygens (including phenoxy) is 2. The van der Waals surface area contributed by atoms with Crippen LogP contribution in [0.25, 0.3) is 0 Å². The lowest BCUT2D eigenvalue weighted by molar-refractivity contribution is -0.161. The zero-order valence-corrected chi connectivity index (χ0v) is 37.1. The second kappa shape index (κ2) is 35.8. The number of hydrogen-bond acceptors (Lipinski definition) is 12. The zero-order valence-electron chi connectivity index (χ0n) is 36.2. The van der Waals surface area contributed by atoms with Crippen LogP contribution in [0, 0.1) is 11.8 Å². The van der Waals surface area contributed by atoms with E-state index in [2.05, 4.69) is 67.0 Å². The van der Waals surface area contributed by atoms with Gasteiger partial charge in [-0.15, -0.1) is 0 Å². The van der Waals surface area contributed by atoms with E-state index in [0.717, 1.165) is 70.6 Å². The Hall–Kier alpha value is -2.71. The Balaban J connectivity index is 2.49. The summed E-state index contributed by atoms with van der Waals surface area (Å²) in [5.41, 5.74) is 0. The van der Waals surface area contributed by atoms with E-state index in [-0.39, 0.29) is 31.1 Å². The van der Waals surface area contributed by atoms with Crippen molar-refractivity contribution in [2.45, 2.75) is 166 Å². The zero-order chi connectivity index (χ0) is 44.3. The maximum Gasteiger partial charge on any atom is 0.472 e. The molecule has 0 radical (unpaired) electrons. The number of allylic oxidation sites excluding steroid dienone is 10. The summed E-state index contributed by atoms with van der Waals surface area (Å²) in [6, 6.07) is 0. The Morgan fingerprint density at radius 3 is 2.02 bits per heavy atom. The Bertz CT molecular complexity index is 1340. The molecule has 6 N–H and O–H groups in total. The molecule has 8 atom stereocenters. The third-order valence-corrected chi connectivity index (χ3v) is 10.9. The lowest BCUT2D eigenvalue weighted by Crippen LogP contribution is -2.29. The van der Waals surface area contributed by atoms with E-state index in [1.165, 1.54) is 0 Å². The number of aliphatic hydroxyl groups is 5. The minimum absolute atomic E-state index is 0.0550. The van der Waals surface area contributed by atoms with Gasteiger partial charge >= 0.3 is 19.8 Å². The first kappa shape index (κ1) is 55.3. The fraction of sp³-hybridized carbons (Fsp3) is 0.696. The number of hydrogen-bond donors (Lipinski definition) is 6. The first-order valence-corrected chi connectivity index (χ1v) is 23.6. The number of phosphoric acid groups is 1. The Kier molecular flexibility index (Phi) is 33.0. The maximum atomic E-state index is 12.7. The molecule has 1 aliphatic carbocycles. The van der Waals surface area contributed by atoms with E-state index < -0.39 is 76.7 Å². The first-order chi connectivity index (χ1) is 28.9. The summed E-state index contributed by atoms with van der Waals surface area (Å²) >= 11 is 0. The average Bonchev–Trinajstić information content (AvgIpc) is 3.49. The Morgan fingerprint density at radius 1 is 0.717 bits per heavy atom. The predicted molar refractivity (Wildman–Crippen MR) is 235 cm³/mol. The molecule has 0 bridgehead atoms. The highest BCUT2D eigenvalue weighted by Gasteiger charge is 2.39. The predicted octanol–water partition coefficient (Wildman–Crippen LogP) is 8.05. The van der Waals surface area contributed by atoms with Gasteiger partial charge in [0.15, 0.2) is 6.10 Å². The number of phosphoric ester groups is 1. The molecule has 1 unspecified atom stereocenters. The molecule has 0 spiro atoms. The molecule has 14 heteroatoms.